The van der Waals surface area contributed by atoms with Crippen molar-refractivity contribution in [2.24, 2.45) is 7.05 Å². The van der Waals surface area contributed by atoms with Crippen LogP contribution in [0.2, 0.25) is 0 Å². The summed E-state index contributed by atoms with van der Waals surface area (Å²) >= 11 is 0. The molecule has 0 saturated heterocycles. The van der Waals surface area contributed by atoms with Crippen molar-refractivity contribution in [2.45, 2.75) is 37.8 Å². The third kappa shape index (κ3) is 2.76. The van der Waals surface area contributed by atoms with Crippen molar-refractivity contribution in [3.05, 3.63) is 28.2 Å². The van der Waals surface area contributed by atoms with E-state index in [0.717, 1.165) is 23.9 Å². The van der Waals surface area contributed by atoms with Gasteiger partial charge in [0.15, 0.2) is 0 Å². The second kappa shape index (κ2) is 5.30. The van der Waals surface area contributed by atoms with Crippen molar-refractivity contribution >= 4 is 5.91 Å². The van der Waals surface area contributed by atoms with Crippen LogP contribution < -0.4 is 10.9 Å². The maximum atomic E-state index is 11.9. The highest BCUT2D eigenvalue weighted by atomic mass is 16.3. The molecular weight excluding hydrogens is 234 g/mol. The van der Waals surface area contributed by atoms with E-state index in [4.69, 9.17) is 0 Å². The molecule has 1 fully saturated rings. The van der Waals surface area contributed by atoms with Crippen LogP contribution in [0, 0.1) is 0 Å². The minimum atomic E-state index is -0.491. The number of nitrogens with one attached hydrogen (secondary N) is 1. The van der Waals surface area contributed by atoms with E-state index in [2.05, 4.69) is 10.4 Å². The lowest BCUT2D eigenvalue weighted by Gasteiger charge is -2.28. The van der Waals surface area contributed by atoms with Crippen LogP contribution in [0.5, 0.6) is 0 Å². The number of amides is 1. The predicted molar refractivity (Wildman–Crippen MR) is 65.2 cm³/mol. The maximum Gasteiger partial charge on any atom is 0.272 e. The molecule has 1 aromatic heterocycles. The van der Waals surface area contributed by atoms with E-state index in [1.165, 1.54) is 19.2 Å². The fourth-order valence-corrected chi connectivity index (χ4v) is 2.15. The smallest absolute Gasteiger partial charge is 0.272 e. The Morgan fingerprint density at radius 3 is 2.83 bits per heavy atom. The SMILES string of the molecule is Cn1nc(C(=O)N[C@@H]2CCCC[C@H]2O)ccc1=O. The van der Waals surface area contributed by atoms with Gasteiger partial charge in [0.1, 0.15) is 5.69 Å². The quantitative estimate of drug-likeness (QED) is 0.763. The highest BCUT2D eigenvalue weighted by molar-refractivity contribution is 5.92. The van der Waals surface area contributed by atoms with Crippen LogP contribution in [-0.2, 0) is 7.05 Å². The van der Waals surface area contributed by atoms with Gasteiger partial charge in [0.2, 0.25) is 0 Å². The number of nitrogens with zero attached hydrogens (tertiary/aromatic N) is 2. The van der Waals surface area contributed by atoms with Crippen LogP contribution >= 0.6 is 0 Å². The fraction of sp³-hybridized carbons (Fsp3) is 0.583. The van der Waals surface area contributed by atoms with E-state index in [1.54, 1.807) is 0 Å². The predicted octanol–water partition coefficient (Wildman–Crippen LogP) is -0.186. The molecule has 0 spiro atoms. The molecule has 1 amide bonds. The number of rotatable bonds is 2. The number of aryl methyl sites for hydroxylation is 1. The molecule has 2 atom stereocenters. The molecule has 98 valence electrons. The first-order valence-electron chi connectivity index (χ1n) is 6.11. The third-order valence-electron chi connectivity index (χ3n) is 3.24. The van der Waals surface area contributed by atoms with Crippen LogP contribution in [0.3, 0.4) is 0 Å². The number of aromatic nitrogens is 2. The second-order valence-corrected chi connectivity index (χ2v) is 4.61. The van der Waals surface area contributed by atoms with Crippen LogP contribution in [-0.4, -0.2) is 32.9 Å². The molecule has 6 heteroatoms. The summed E-state index contributed by atoms with van der Waals surface area (Å²) in [4.78, 5) is 23.1. The molecule has 0 bridgehead atoms. The van der Waals surface area contributed by atoms with Crippen molar-refractivity contribution in [3.63, 3.8) is 0 Å². The van der Waals surface area contributed by atoms with E-state index in [-0.39, 0.29) is 23.2 Å². The summed E-state index contributed by atoms with van der Waals surface area (Å²) in [6.45, 7) is 0. The van der Waals surface area contributed by atoms with Gasteiger partial charge in [-0.3, -0.25) is 9.59 Å². The van der Waals surface area contributed by atoms with Crippen LogP contribution in [0.15, 0.2) is 16.9 Å². The van der Waals surface area contributed by atoms with Crippen molar-refractivity contribution in [1.82, 2.24) is 15.1 Å². The summed E-state index contributed by atoms with van der Waals surface area (Å²) in [5.41, 5.74) is -0.0703. The van der Waals surface area contributed by atoms with Crippen LogP contribution in [0.1, 0.15) is 36.2 Å². The van der Waals surface area contributed by atoms with Crippen molar-refractivity contribution < 1.29 is 9.90 Å². The molecule has 0 radical (unpaired) electrons. The molecule has 1 heterocycles. The first-order valence-corrected chi connectivity index (χ1v) is 6.11. The number of carbonyl (C=O) groups excluding carboxylic acids is 1. The lowest BCUT2D eigenvalue weighted by atomic mass is 9.92. The van der Waals surface area contributed by atoms with Gasteiger partial charge in [-0.15, -0.1) is 0 Å². The van der Waals surface area contributed by atoms with Gasteiger partial charge in [0.05, 0.1) is 12.1 Å². The molecule has 2 N–H and O–H groups in total. The Kier molecular flexibility index (Phi) is 3.76. The Balaban J connectivity index is 2.07. The van der Waals surface area contributed by atoms with Gasteiger partial charge in [0, 0.05) is 13.1 Å². The summed E-state index contributed by atoms with van der Waals surface area (Å²) in [5, 5.41) is 16.4. The zero-order valence-corrected chi connectivity index (χ0v) is 10.3. The van der Waals surface area contributed by atoms with Crippen LogP contribution in [0.4, 0.5) is 0 Å². The molecule has 0 aromatic carbocycles. The van der Waals surface area contributed by atoms with Crippen molar-refractivity contribution in [1.29, 1.82) is 0 Å². The van der Waals surface area contributed by atoms with E-state index >= 15 is 0 Å². The average Bonchev–Trinajstić information content (AvgIpc) is 2.35. The van der Waals surface area contributed by atoms with Crippen LogP contribution in [0.25, 0.3) is 0 Å². The molecule has 1 saturated carbocycles. The van der Waals surface area contributed by atoms with E-state index < -0.39 is 6.10 Å². The van der Waals surface area contributed by atoms with E-state index in [0.29, 0.717) is 6.42 Å². The molecule has 18 heavy (non-hydrogen) atoms. The Morgan fingerprint density at radius 1 is 1.44 bits per heavy atom. The number of aliphatic hydroxyl groups is 1. The normalized spacial score (nSPS) is 23.7. The first kappa shape index (κ1) is 12.8. The minimum absolute atomic E-state index is 0.190. The summed E-state index contributed by atoms with van der Waals surface area (Å²) in [5.74, 6) is -0.350. The zero-order valence-electron chi connectivity index (χ0n) is 10.3. The van der Waals surface area contributed by atoms with Gasteiger partial charge in [-0.25, -0.2) is 4.68 Å². The molecular formula is C12H17N3O3. The monoisotopic (exact) mass is 251 g/mol. The molecule has 1 aromatic rings. The number of carbonyl (C=O) groups is 1. The van der Waals surface area contributed by atoms with Gasteiger partial charge in [-0.1, -0.05) is 12.8 Å². The Labute approximate surface area is 105 Å². The molecule has 1 aliphatic carbocycles. The Hall–Kier alpha value is -1.69. The number of hydrogen-bond donors (Lipinski definition) is 2. The average molecular weight is 251 g/mol. The minimum Gasteiger partial charge on any atom is -0.391 e. The lowest BCUT2D eigenvalue weighted by Crippen LogP contribution is -2.45. The number of aliphatic hydroxyl groups excluding tert-OH is 1. The Bertz CT molecular complexity index is 498. The van der Waals surface area contributed by atoms with E-state index in [1.807, 2.05) is 0 Å². The fourth-order valence-electron chi connectivity index (χ4n) is 2.15. The summed E-state index contributed by atoms with van der Waals surface area (Å²) < 4.78 is 1.12. The number of hydrogen-bond acceptors (Lipinski definition) is 4. The molecule has 1 aliphatic rings. The van der Waals surface area contributed by atoms with Gasteiger partial charge in [-0.05, 0) is 18.9 Å². The van der Waals surface area contributed by atoms with Crippen molar-refractivity contribution in [3.8, 4) is 0 Å². The summed E-state index contributed by atoms with van der Waals surface area (Å²) in [6.07, 6.45) is 2.99. The highest BCUT2D eigenvalue weighted by Gasteiger charge is 2.25. The second-order valence-electron chi connectivity index (χ2n) is 4.61. The van der Waals surface area contributed by atoms with E-state index in [9.17, 15) is 14.7 Å². The molecule has 0 aliphatic heterocycles. The topological polar surface area (TPSA) is 84.2 Å². The van der Waals surface area contributed by atoms with Gasteiger partial charge in [0.25, 0.3) is 11.5 Å². The summed E-state index contributed by atoms with van der Waals surface area (Å²) in [7, 11) is 1.49. The van der Waals surface area contributed by atoms with Gasteiger partial charge >= 0.3 is 0 Å². The zero-order chi connectivity index (χ0) is 13.1. The molecule has 2 rings (SSSR count). The lowest BCUT2D eigenvalue weighted by molar-refractivity contribution is 0.0712. The highest BCUT2D eigenvalue weighted by Crippen LogP contribution is 2.18. The third-order valence-corrected chi connectivity index (χ3v) is 3.24. The molecule has 0 unspecified atom stereocenters. The molecule has 6 nitrogen and oxygen atoms in total. The summed E-state index contributed by atoms with van der Waals surface area (Å²) in [6, 6.07) is 2.48. The van der Waals surface area contributed by atoms with Crippen molar-refractivity contribution in [2.75, 3.05) is 0 Å². The van der Waals surface area contributed by atoms with Gasteiger partial charge < -0.3 is 10.4 Å². The van der Waals surface area contributed by atoms with Gasteiger partial charge in [-0.2, -0.15) is 5.10 Å². The standard InChI is InChI=1S/C12H17N3O3/c1-15-11(17)7-6-9(14-15)12(18)13-8-4-2-3-5-10(8)16/h6-8,10,16H,2-5H2,1H3,(H,13,18)/t8-,10-/m1/s1. The largest absolute Gasteiger partial charge is 0.391 e. The first-order chi connectivity index (χ1) is 8.58. The Morgan fingerprint density at radius 2 is 2.17 bits per heavy atom. The maximum absolute atomic E-state index is 11.9.